The number of nitriles is 1. The van der Waals surface area contributed by atoms with Gasteiger partial charge in [0.05, 0.1) is 11.6 Å². The standard InChI is InChI=1S/C25H31N3O7.CHN/c1-10(2)27-9-11-5-6-15(29)17-13(11)7-12-8-14-19(28(3)4)21(31)18(24(26)34)23(33)25(14,35)22(32)16(12)20(17)30;1-2/h5-6,10,12,14,19,27,29-30,33,35H,7-9H2,1-4H3,(H2,26,34);1H/t12-,14-,19?,25-;/m0./s1. The highest BCUT2D eigenvalue weighted by molar-refractivity contribution is 6.24. The Balaban J connectivity index is 0.00000186. The number of likely N-dealkylation sites (N-methyl/N-ethyl adjacent to an activating group) is 1. The van der Waals surface area contributed by atoms with E-state index in [-0.39, 0.29) is 35.8 Å². The van der Waals surface area contributed by atoms with Gasteiger partial charge in [0.1, 0.15) is 22.8 Å². The van der Waals surface area contributed by atoms with Crippen molar-refractivity contribution >= 4 is 23.2 Å². The number of fused-ring (bicyclic) bond motifs is 3. The van der Waals surface area contributed by atoms with Crippen LogP contribution in [0.4, 0.5) is 0 Å². The summed E-state index contributed by atoms with van der Waals surface area (Å²) in [7, 11) is 3.14. The lowest BCUT2D eigenvalue weighted by Crippen LogP contribution is -2.65. The number of Topliss-reactive ketones (excluding diaryl/α,β-unsaturated/α-hetero) is 2. The van der Waals surface area contributed by atoms with E-state index in [1.54, 1.807) is 20.2 Å². The molecular weight excluding hydrogens is 480 g/mol. The second-order valence-corrected chi connectivity index (χ2v) is 10.1. The minimum Gasteiger partial charge on any atom is -0.508 e. The highest BCUT2D eigenvalue weighted by Crippen LogP contribution is 2.52. The van der Waals surface area contributed by atoms with Gasteiger partial charge in [-0.25, -0.2) is 5.26 Å². The smallest absolute Gasteiger partial charge is 0.255 e. The number of aliphatic hydroxyl groups is 3. The van der Waals surface area contributed by atoms with Gasteiger partial charge >= 0.3 is 0 Å². The minimum absolute atomic E-state index is 0.0679. The number of carbonyl (C=O) groups excluding carboxylic acids is 3. The first-order valence-electron chi connectivity index (χ1n) is 11.8. The van der Waals surface area contributed by atoms with Crippen molar-refractivity contribution < 1.29 is 34.8 Å². The number of aromatic hydroxyl groups is 1. The van der Waals surface area contributed by atoms with Gasteiger partial charge in [0.15, 0.2) is 11.4 Å². The molecule has 3 aliphatic carbocycles. The van der Waals surface area contributed by atoms with Crippen LogP contribution in [0, 0.1) is 23.7 Å². The zero-order valence-electron chi connectivity index (χ0n) is 21.1. The lowest BCUT2D eigenvalue weighted by atomic mass is 9.57. The average molecular weight is 513 g/mol. The Kier molecular flexibility index (Phi) is 7.51. The number of hydrogen-bond acceptors (Lipinski definition) is 10. The summed E-state index contributed by atoms with van der Waals surface area (Å²) in [5.41, 5.74) is 3.34. The van der Waals surface area contributed by atoms with Crippen LogP contribution >= 0.6 is 0 Å². The third-order valence-electron chi connectivity index (χ3n) is 7.40. The first kappa shape index (κ1) is 27.9. The van der Waals surface area contributed by atoms with E-state index in [9.17, 15) is 34.8 Å². The van der Waals surface area contributed by atoms with E-state index in [4.69, 9.17) is 11.0 Å². The van der Waals surface area contributed by atoms with Crippen LogP contribution in [0.2, 0.25) is 0 Å². The molecule has 0 aromatic heterocycles. The highest BCUT2D eigenvalue weighted by atomic mass is 16.3. The van der Waals surface area contributed by atoms with Gasteiger partial charge < -0.3 is 31.5 Å². The number of nitrogens with one attached hydrogen (secondary N) is 1. The van der Waals surface area contributed by atoms with Gasteiger partial charge in [0, 0.05) is 30.6 Å². The number of carbonyl (C=O) groups is 3. The molecule has 4 atom stereocenters. The Hall–Kier alpha value is -3.72. The maximum absolute atomic E-state index is 13.8. The number of nitrogens with two attached hydrogens (primary N) is 1. The summed E-state index contributed by atoms with van der Waals surface area (Å²) in [4.78, 5) is 40.4. The van der Waals surface area contributed by atoms with Crippen LogP contribution in [-0.2, 0) is 27.3 Å². The molecule has 0 aliphatic heterocycles. The lowest BCUT2D eigenvalue weighted by Gasteiger charge is -2.50. The quantitative estimate of drug-likeness (QED) is 0.304. The molecule has 0 bridgehead atoms. The second kappa shape index (κ2) is 9.97. The molecule has 1 fully saturated rings. The second-order valence-electron chi connectivity index (χ2n) is 10.1. The molecule has 11 heteroatoms. The molecule has 198 valence electrons. The number of ketones is 2. The van der Waals surface area contributed by atoms with E-state index < -0.39 is 58.0 Å². The Bertz CT molecular complexity index is 1250. The van der Waals surface area contributed by atoms with Crippen molar-refractivity contribution in [3.8, 4) is 12.3 Å². The van der Waals surface area contributed by atoms with Crippen molar-refractivity contribution in [3.05, 3.63) is 45.7 Å². The minimum atomic E-state index is -2.63. The molecule has 0 spiro atoms. The summed E-state index contributed by atoms with van der Waals surface area (Å²) in [6, 6.07) is 2.28. The fourth-order valence-corrected chi connectivity index (χ4v) is 5.79. The third-order valence-corrected chi connectivity index (χ3v) is 7.40. The number of rotatable bonds is 5. The molecule has 1 amide bonds. The van der Waals surface area contributed by atoms with Crippen molar-refractivity contribution in [2.45, 2.75) is 50.9 Å². The van der Waals surface area contributed by atoms with Gasteiger partial charge in [-0.1, -0.05) is 19.9 Å². The molecule has 0 heterocycles. The molecule has 1 saturated carbocycles. The summed E-state index contributed by atoms with van der Waals surface area (Å²) >= 11 is 0. The molecule has 4 rings (SSSR count). The Morgan fingerprint density at radius 2 is 1.86 bits per heavy atom. The zero-order valence-corrected chi connectivity index (χ0v) is 21.1. The van der Waals surface area contributed by atoms with Crippen LogP contribution in [0.1, 0.15) is 37.0 Å². The first-order chi connectivity index (χ1) is 17.3. The fraction of sp³-hybridized carbons (Fsp3) is 0.462. The SMILES string of the molecule is C#N.CC(C)NCc1ccc(O)c2c1C[C@H]1C[C@H]3C(N(C)C)C(=O)C(C(N)=O)=C(O)[C@@]3(O)C(=O)C1=C2O. The van der Waals surface area contributed by atoms with E-state index in [1.807, 2.05) is 13.8 Å². The van der Waals surface area contributed by atoms with E-state index in [1.165, 1.54) is 11.0 Å². The average Bonchev–Trinajstić information content (AvgIpc) is 2.81. The maximum Gasteiger partial charge on any atom is 0.255 e. The van der Waals surface area contributed by atoms with Crippen LogP contribution in [0.15, 0.2) is 29.0 Å². The van der Waals surface area contributed by atoms with Crippen molar-refractivity contribution in [1.29, 1.82) is 5.26 Å². The predicted octanol–water partition coefficient (Wildman–Crippen LogP) is 0.602. The normalized spacial score (nSPS) is 26.9. The van der Waals surface area contributed by atoms with Crippen molar-refractivity contribution in [2.75, 3.05) is 14.1 Å². The fourth-order valence-electron chi connectivity index (χ4n) is 5.79. The number of nitrogens with zero attached hydrogens (tertiary/aromatic N) is 2. The molecule has 1 aromatic carbocycles. The van der Waals surface area contributed by atoms with Crippen molar-refractivity contribution in [3.63, 3.8) is 0 Å². The Morgan fingerprint density at radius 1 is 1.24 bits per heavy atom. The molecule has 0 radical (unpaired) electrons. The molecule has 0 saturated heterocycles. The summed E-state index contributed by atoms with van der Waals surface area (Å²) in [5.74, 6) is -6.50. The number of amides is 1. The van der Waals surface area contributed by atoms with Gasteiger partial charge in [0.25, 0.3) is 5.91 Å². The molecule has 1 unspecified atom stereocenters. The number of aliphatic hydroxyl groups excluding tert-OH is 2. The van der Waals surface area contributed by atoms with E-state index in [0.717, 1.165) is 5.56 Å². The topological polar surface area (TPSA) is 197 Å². The Labute approximate surface area is 214 Å². The first-order valence-corrected chi connectivity index (χ1v) is 11.8. The van der Waals surface area contributed by atoms with Gasteiger partial charge in [-0.3, -0.25) is 19.3 Å². The number of primary amides is 1. The summed E-state index contributed by atoms with van der Waals surface area (Å²) < 4.78 is 0. The lowest BCUT2D eigenvalue weighted by molar-refractivity contribution is -0.153. The van der Waals surface area contributed by atoms with E-state index in [0.29, 0.717) is 12.1 Å². The van der Waals surface area contributed by atoms with Gasteiger partial charge in [-0.05, 0) is 50.0 Å². The number of phenolic OH excluding ortho intramolecular Hbond substituents is 1. The number of phenols is 1. The third kappa shape index (κ3) is 4.17. The van der Waals surface area contributed by atoms with Crippen molar-refractivity contribution in [2.24, 2.45) is 17.6 Å². The Morgan fingerprint density at radius 3 is 2.41 bits per heavy atom. The summed E-state index contributed by atoms with van der Waals surface area (Å²) in [6.07, 6.45) is 0.344. The monoisotopic (exact) mass is 512 g/mol. The molecule has 7 N–H and O–H groups in total. The van der Waals surface area contributed by atoms with E-state index in [2.05, 4.69) is 11.9 Å². The largest absolute Gasteiger partial charge is 0.508 e. The van der Waals surface area contributed by atoms with Crippen LogP contribution < -0.4 is 11.1 Å². The molecule has 37 heavy (non-hydrogen) atoms. The number of hydrogen-bond donors (Lipinski definition) is 6. The zero-order chi connectivity index (χ0) is 28.0. The van der Waals surface area contributed by atoms with E-state index >= 15 is 0 Å². The van der Waals surface area contributed by atoms with Crippen LogP contribution in [0.25, 0.3) is 5.76 Å². The molecule has 1 aromatic rings. The van der Waals surface area contributed by atoms with Gasteiger partial charge in [-0.15, -0.1) is 0 Å². The van der Waals surface area contributed by atoms with Gasteiger partial charge in [-0.2, -0.15) is 0 Å². The summed E-state index contributed by atoms with van der Waals surface area (Å²) in [5, 5.41) is 54.0. The highest BCUT2D eigenvalue weighted by Gasteiger charge is 2.64. The summed E-state index contributed by atoms with van der Waals surface area (Å²) in [6.45, 7) is 7.96. The van der Waals surface area contributed by atoms with Crippen LogP contribution in [-0.4, -0.2) is 74.6 Å². The number of benzene rings is 1. The maximum atomic E-state index is 13.8. The predicted molar refractivity (Wildman–Crippen MR) is 133 cm³/mol. The van der Waals surface area contributed by atoms with Crippen LogP contribution in [0.3, 0.4) is 0 Å². The van der Waals surface area contributed by atoms with Gasteiger partial charge in [0.2, 0.25) is 5.78 Å². The molecule has 3 aliphatic rings. The molecular formula is C26H32N4O7. The van der Waals surface area contributed by atoms with Crippen LogP contribution in [0.5, 0.6) is 5.75 Å². The molecule has 11 nitrogen and oxygen atoms in total. The van der Waals surface area contributed by atoms with Crippen molar-refractivity contribution in [1.82, 2.24) is 10.2 Å².